The van der Waals surface area contributed by atoms with Gasteiger partial charge >= 0.3 is 0 Å². The van der Waals surface area contributed by atoms with Gasteiger partial charge in [0.25, 0.3) is 0 Å². The minimum atomic E-state index is 0.280. The molecule has 1 atom stereocenters. The molecule has 1 unspecified atom stereocenters. The molecule has 0 aromatic carbocycles. The average Bonchev–Trinajstić information content (AvgIpc) is 3.05. The highest BCUT2D eigenvalue weighted by molar-refractivity contribution is 5.37. The molecule has 0 aliphatic carbocycles. The summed E-state index contributed by atoms with van der Waals surface area (Å²) in [5, 5.41) is 8.70. The summed E-state index contributed by atoms with van der Waals surface area (Å²) in [6.07, 6.45) is 5.72. The van der Waals surface area contributed by atoms with E-state index >= 15 is 0 Å². The minimum absolute atomic E-state index is 0.280. The lowest BCUT2D eigenvalue weighted by atomic mass is 9.95. The zero-order valence-corrected chi connectivity index (χ0v) is 13.4. The molecule has 2 aliphatic rings. The number of piperidine rings is 1. The van der Waals surface area contributed by atoms with E-state index in [0.29, 0.717) is 5.92 Å². The minimum Gasteiger partial charge on any atom is -0.376 e. The Hall–Kier alpha value is -1.50. The molecule has 4 heterocycles. The average molecular weight is 316 g/mol. The maximum atomic E-state index is 5.72. The number of aromatic nitrogens is 3. The number of ether oxygens (including phenoxy) is 2. The van der Waals surface area contributed by atoms with Crippen LogP contribution in [0.4, 0.5) is 0 Å². The number of rotatable bonds is 4. The quantitative estimate of drug-likeness (QED) is 0.859. The summed E-state index contributed by atoms with van der Waals surface area (Å²) in [6.45, 7) is 5.59. The van der Waals surface area contributed by atoms with E-state index in [1.807, 2.05) is 18.2 Å². The van der Waals surface area contributed by atoms with Crippen LogP contribution in [0.15, 0.2) is 24.4 Å². The molecule has 0 radical (unpaired) electrons. The van der Waals surface area contributed by atoms with Crippen LogP contribution in [0, 0.1) is 0 Å². The highest BCUT2D eigenvalue weighted by Crippen LogP contribution is 2.27. The third-order valence-electron chi connectivity index (χ3n) is 4.95. The fourth-order valence-electron chi connectivity index (χ4n) is 3.58. The summed E-state index contributed by atoms with van der Waals surface area (Å²) in [5.41, 5.74) is 0.944. The SMILES string of the molecule is c1ccn2c(C3CCN(CCC4COCCO4)CC3)nnc2c1. The van der Waals surface area contributed by atoms with Crippen molar-refractivity contribution in [1.82, 2.24) is 19.5 Å². The second-order valence-electron chi connectivity index (χ2n) is 6.46. The molecule has 6 heteroatoms. The lowest BCUT2D eigenvalue weighted by molar-refractivity contribution is -0.0930. The van der Waals surface area contributed by atoms with Crippen molar-refractivity contribution in [3.05, 3.63) is 30.2 Å². The lowest BCUT2D eigenvalue weighted by Gasteiger charge is -2.32. The largest absolute Gasteiger partial charge is 0.376 e. The van der Waals surface area contributed by atoms with Gasteiger partial charge in [-0.25, -0.2) is 0 Å². The van der Waals surface area contributed by atoms with E-state index in [9.17, 15) is 0 Å². The number of hydrogen-bond acceptors (Lipinski definition) is 5. The van der Waals surface area contributed by atoms with Gasteiger partial charge < -0.3 is 14.4 Å². The molecule has 2 aromatic heterocycles. The Bertz CT molecular complexity index is 630. The van der Waals surface area contributed by atoms with Crippen LogP contribution in [0.5, 0.6) is 0 Å². The molecule has 4 rings (SSSR count). The molecular weight excluding hydrogens is 292 g/mol. The summed E-state index contributed by atoms with van der Waals surface area (Å²) in [4.78, 5) is 2.54. The van der Waals surface area contributed by atoms with Crippen molar-refractivity contribution in [2.45, 2.75) is 31.3 Å². The molecule has 0 spiro atoms. The smallest absolute Gasteiger partial charge is 0.160 e. The molecule has 2 saturated heterocycles. The van der Waals surface area contributed by atoms with Crippen LogP contribution < -0.4 is 0 Å². The number of likely N-dealkylation sites (tertiary alicyclic amines) is 1. The fourth-order valence-corrected chi connectivity index (χ4v) is 3.58. The molecule has 0 N–H and O–H groups in total. The van der Waals surface area contributed by atoms with Crippen LogP contribution in [0.2, 0.25) is 0 Å². The molecule has 2 aromatic rings. The Morgan fingerprint density at radius 3 is 2.87 bits per heavy atom. The van der Waals surface area contributed by atoms with E-state index in [1.165, 1.54) is 0 Å². The topological polar surface area (TPSA) is 51.9 Å². The normalized spacial score (nSPS) is 24.3. The monoisotopic (exact) mass is 316 g/mol. The first-order valence-electron chi connectivity index (χ1n) is 8.61. The van der Waals surface area contributed by atoms with Crippen LogP contribution in [0.3, 0.4) is 0 Å². The van der Waals surface area contributed by atoms with Crippen molar-refractivity contribution in [3.63, 3.8) is 0 Å². The summed E-state index contributed by atoms with van der Waals surface area (Å²) >= 11 is 0. The standard InChI is InChI=1S/C17H24N4O2/c1-2-7-21-16(3-1)18-19-17(21)14-4-8-20(9-5-14)10-6-15-13-22-11-12-23-15/h1-3,7,14-15H,4-6,8-13H2. The van der Waals surface area contributed by atoms with Crippen molar-refractivity contribution < 1.29 is 9.47 Å². The first kappa shape index (κ1) is 15.1. The zero-order chi connectivity index (χ0) is 15.5. The molecule has 124 valence electrons. The number of pyridine rings is 1. The van der Waals surface area contributed by atoms with Gasteiger partial charge in [-0.2, -0.15) is 0 Å². The van der Waals surface area contributed by atoms with Crippen LogP contribution in [-0.2, 0) is 9.47 Å². The maximum Gasteiger partial charge on any atom is 0.160 e. The lowest BCUT2D eigenvalue weighted by Crippen LogP contribution is -2.37. The summed E-state index contributed by atoms with van der Waals surface area (Å²) in [5.74, 6) is 1.63. The highest BCUT2D eigenvalue weighted by atomic mass is 16.6. The molecular formula is C17H24N4O2. The van der Waals surface area contributed by atoms with Gasteiger partial charge in [0.1, 0.15) is 5.82 Å². The first-order chi connectivity index (χ1) is 11.4. The van der Waals surface area contributed by atoms with Crippen LogP contribution in [0.1, 0.15) is 31.0 Å². The number of hydrogen-bond donors (Lipinski definition) is 0. The summed E-state index contributed by atoms with van der Waals surface area (Å²) in [6, 6.07) is 6.06. The predicted molar refractivity (Wildman–Crippen MR) is 86.6 cm³/mol. The van der Waals surface area contributed by atoms with Crippen molar-refractivity contribution in [1.29, 1.82) is 0 Å². The fraction of sp³-hybridized carbons (Fsp3) is 0.647. The van der Waals surface area contributed by atoms with Crippen molar-refractivity contribution >= 4 is 5.65 Å². The van der Waals surface area contributed by atoms with E-state index in [0.717, 1.165) is 70.2 Å². The van der Waals surface area contributed by atoms with E-state index in [4.69, 9.17) is 9.47 Å². The van der Waals surface area contributed by atoms with Gasteiger partial charge in [-0.1, -0.05) is 6.07 Å². The van der Waals surface area contributed by atoms with Crippen molar-refractivity contribution in [3.8, 4) is 0 Å². The Labute approximate surface area is 136 Å². The Morgan fingerprint density at radius 1 is 1.13 bits per heavy atom. The first-order valence-corrected chi connectivity index (χ1v) is 8.61. The molecule has 2 aliphatic heterocycles. The van der Waals surface area contributed by atoms with Crippen LogP contribution in [-0.4, -0.2) is 65.1 Å². The third-order valence-corrected chi connectivity index (χ3v) is 4.95. The number of nitrogens with zero attached hydrogens (tertiary/aromatic N) is 4. The van der Waals surface area contributed by atoms with Gasteiger partial charge in [-0.3, -0.25) is 4.40 Å². The second kappa shape index (κ2) is 6.95. The number of fused-ring (bicyclic) bond motifs is 1. The van der Waals surface area contributed by atoms with Gasteiger partial charge in [0.15, 0.2) is 5.65 Å². The molecule has 0 amide bonds. The Kier molecular flexibility index (Phi) is 4.55. The predicted octanol–water partition coefficient (Wildman–Crippen LogP) is 1.71. The Balaban J connectivity index is 1.30. The van der Waals surface area contributed by atoms with E-state index < -0.39 is 0 Å². The zero-order valence-electron chi connectivity index (χ0n) is 13.4. The van der Waals surface area contributed by atoms with Crippen LogP contribution in [0.25, 0.3) is 5.65 Å². The van der Waals surface area contributed by atoms with Gasteiger partial charge in [0.2, 0.25) is 0 Å². The van der Waals surface area contributed by atoms with Crippen molar-refractivity contribution in [2.75, 3.05) is 39.5 Å². The highest BCUT2D eigenvalue weighted by Gasteiger charge is 2.25. The molecule has 0 saturated carbocycles. The van der Waals surface area contributed by atoms with Gasteiger partial charge in [0, 0.05) is 18.7 Å². The van der Waals surface area contributed by atoms with E-state index in [-0.39, 0.29) is 6.10 Å². The molecule has 2 fully saturated rings. The van der Waals surface area contributed by atoms with E-state index in [2.05, 4.69) is 25.7 Å². The summed E-state index contributed by atoms with van der Waals surface area (Å²) in [7, 11) is 0. The van der Waals surface area contributed by atoms with Gasteiger partial charge in [-0.05, 0) is 44.5 Å². The van der Waals surface area contributed by atoms with Crippen LogP contribution >= 0.6 is 0 Å². The maximum absolute atomic E-state index is 5.72. The Morgan fingerprint density at radius 2 is 2.04 bits per heavy atom. The van der Waals surface area contributed by atoms with Gasteiger partial charge in [-0.15, -0.1) is 10.2 Å². The third kappa shape index (κ3) is 3.39. The molecule has 0 bridgehead atoms. The summed E-state index contributed by atoms with van der Waals surface area (Å²) < 4.78 is 13.3. The molecule has 6 nitrogen and oxygen atoms in total. The second-order valence-corrected chi connectivity index (χ2v) is 6.46. The van der Waals surface area contributed by atoms with Crippen molar-refractivity contribution in [2.24, 2.45) is 0 Å². The van der Waals surface area contributed by atoms with E-state index in [1.54, 1.807) is 0 Å². The van der Waals surface area contributed by atoms with Gasteiger partial charge in [0.05, 0.1) is 25.9 Å². The molecule has 23 heavy (non-hydrogen) atoms.